The number of benzene rings is 1. The Morgan fingerprint density at radius 3 is 2.47 bits per heavy atom. The van der Waals surface area contributed by atoms with E-state index < -0.39 is 0 Å². The molecule has 1 aromatic rings. The second-order valence-electron chi connectivity index (χ2n) is 3.92. The van der Waals surface area contributed by atoms with Crippen LogP contribution in [0.3, 0.4) is 0 Å². The summed E-state index contributed by atoms with van der Waals surface area (Å²) in [6, 6.07) is 7.64. The van der Waals surface area contributed by atoms with Gasteiger partial charge in [0.2, 0.25) is 0 Å². The van der Waals surface area contributed by atoms with E-state index in [2.05, 4.69) is 0 Å². The van der Waals surface area contributed by atoms with Gasteiger partial charge < -0.3 is 4.74 Å². The minimum Gasteiger partial charge on any atom is -0.462 e. The first kappa shape index (κ1) is 14.0. The van der Waals surface area contributed by atoms with Crippen LogP contribution in [0.4, 0.5) is 0 Å². The van der Waals surface area contributed by atoms with E-state index in [1.807, 2.05) is 31.2 Å². The number of aryl methyl sites for hydroxylation is 1. The fraction of sp³-hybridized carbons (Fsp3) is 0.500. The summed E-state index contributed by atoms with van der Waals surface area (Å²) in [6.45, 7) is 2.22. The zero-order valence-electron chi connectivity index (χ0n) is 10.2. The topological polar surface area (TPSA) is 26.3 Å². The lowest BCUT2D eigenvalue weighted by Gasteiger charge is -2.04. The zero-order valence-corrected chi connectivity index (χ0v) is 11.0. The van der Waals surface area contributed by atoms with Crippen LogP contribution in [0.1, 0.15) is 42.1 Å². The first-order valence-electron chi connectivity index (χ1n) is 6.10. The minimum absolute atomic E-state index is 0.249. The molecule has 0 N–H and O–H groups in total. The molecular weight excluding hydrogens is 236 g/mol. The lowest BCUT2D eigenvalue weighted by molar-refractivity contribution is 0.0526. The van der Waals surface area contributed by atoms with Gasteiger partial charge >= 0.3 is 5.97 Å². The highest BCUT2D eigenvalue weighted by molar-refractivity contribution is 6.17. The maximum absolute atomic E-state index is 11.4. The Hall–Kier alpha value is -1.02. The Labute approximate surface area is 108 Å². The Morgan fingerprint density at radius 2 is 1.88 bits per heavy atom. The first-order valence-corrected chi connectivity index (χ1v) is 6.63. The van der Waals surface area contributed by atoms with Crippen LogP contribution in [0, 0.1) is 0 Å². The molecule has 0 aliphatic heterocycles. The highest BCUT2D eigenvalue weighted by atomic mass is 35.5. The number of unbranched alkanes of at least 4 members (excludes halogenated alkanes) is 2. The van der Waals surface area contributed by atoms with Crippen LogP contribution in [0.2, 0.25) is 0 Å². The zero-order chi connectivity index (χ0) is 12.5. The summed E-state index contributed by atoms with van der Waals surface area (Å²) in [5.74, 6) is 0.489. The molecule has 0 fully saturated rings. The van der Waals surface area contributed by atoms with Gasteiger partial charge in [0.25, 0.3) is 0 Å². The van der Waals surface area contributed by atoms with Crippen LogP contribution >= 0.6 is 11.6 Å². The Bertz CT molecular complexity index is 333. The van der Waals surface area contributed by atoms with Gasteiger partial charge in [-0.2, -0.15) is 0 Å². The van der Waals surface area contributed by atoms with E-state index in [0.29, 0.717) is 12.2 Å². The highest BCUT2D eigenvalue weighted by Crippen LogP contribution is 2.10. The molecule has 1 rings (SSSR count). The molecule has 0 aromatic heterocycles. The summed E-state index contributed by atoms with van der Waals surface area (Å²) in [5, 5.41) is 0. The maximum atomic E-state index is 11.4. The summed E-state index contributed by atoms with van der Waals surface area (Å²) in [7, 11) is 0. The lowest BCUT2D eigenvalue weighted by atomic mass is 10.1. The molecule has 0 unspecified atom stereocenters. The quantitative estimate of drug-likeness (QED) is 0.420. The van der Waals surface area contributed by atoms with Crippen molar-refractivity contribution in [2.24, 2.45) is 0 Å². The molecule has 0 saturated heterocycles. The van der Waals surface area contributed by atoms with Gasteiger partial charge in [0.05, 0.1) is 12.2 Å². The summed E-state index contributed by atoms with van der Waals surface area (Å²) in [4.78, 5) is 11.4. The highest BCUT2D eigenvalue weighted by Gasteiger charge is 2.05. The Morgan fingerprint density at radius 1 is 1.18 bits per heavy atom. The monoisotopic (exact) mass is 254 g/mol. The predicted molar refractivity (Wildman–Crippen MR) is 70.7 cm³/mol. The first-order chi connectivity index (χ1) is 8.27. The molecule has 17 heavy (non-hydrogen) atoms. The number of halogens is 1. The third-order valence-corrected chi connectivity index (χ3v) is 2.83. The minimum atomic E-state index is -0.249. The summed E-state index contributed by atoms with van der Waals surface area (Å²) in [6.07, 6.45) is 4.41. The number of rotatable bonds is 7. The van der Waals surface area contributed by atoms with E-state index in [0.717, 1.165) is 31.6 Å². The van der Waals surface area contributed by atoms with Crippen molar-refractivity contribution < 1.29 is 9.53 Å². The number of hydrogen-bond acceptors (Lipinski definition) is 2. The van der Waals surface area contributed by atoms with Gasteiger partial charge in [0, 0.05) is 5.88 Å². The number of carbonyl (C=O) groups excluding carboxylic acids is 1. The maximum Gasteiger partial charge on any atom is 0.338 e. The fourth-order valence-corrected chi connectivity index (χ4v) is 1.81. The van der Waals surface area contributed by atoms with Gasteiger partial charge in [-0.3, -0.25) is 0 Å². The molecule has 0 aliphatic rings. The SMILES string of the molecule is CCOC(=O)c1ccc(CCCCCCl)cc1. The van der Waals surface area contributed by atoms with Gasteiger partial charge in [-0.05, 0) is 43.9 Å². The Kier molecular flexibility index (Phi) is 6.71. The normalized spacial score (nSPS) is 10.2. The fourth-order valence-electron chi connectivity index (χ4n) is 1.62. The van der Waals surface area contributed by atoms with E-state index in [-0.39, 0.29) is 5.97 Å². The molecule has 0 saturated carbocycles. The standard InChI is InChI=1S/C14H19ClO2/c1-2-17-14(16)13-9-7-12(8-10-13)6-4-3-5-11-15/h7-10H,2-6,11H2,1H3. The molecule has 0 aliphatic carbocycles. The smallest absolute Gasteiger partial charge is 0.338 e. The number of alkyl halides is 1. The van der Waals surface area contributed by atoms with Crippen molar-refractivity contribution in [2.45, 2.75) is 32.6 Å². The van der Waals surface area contributed by atoms with Crippen LogP contribution in [0.25, 0.3) is 0 Å². The van der Waals surface area contributed by atoms with Crippen LogP contribution in [0.15, 0.2) is 24.3 Å². The van der Waals surface area contributed by atoms with Crippen molar-refractivity contribution in [2.75, 3.05) is 12.5 Å². The molecule has 0 bridgehead atoms. The number of hydrogen-bond donors (Lipinski definition) is 0. The van der Waals surface area contributed by atoms with Crippen LogP contribution in [0.5, 0.6) is 0 Å². The molecule has 0 spiro atoms. The third kappa shape index (κ3) is 5.22. The predicted octanol–water partition coefficient (Wildman–Crippen LogP) is 3.81. The largest absolute Gasteiger partial charge is 0.462 e. The molecular formula is C14H19ClO2. The number of esters is 1. The van der Waals surface area contributed by atoms with E-state index in [4.69, 9.17) is 16.3 Å². The van der Waals surface area contributed by atoms with E-state index in [1.54, 1.807) is 0 Å². The van der Waals surface area contributed by atoms with Crippen molar-refractivity contribution in [1.82, 2.24) is 0 Å². The number of carbonyl (C=O) groups is 1. The van der Waals surface area contributed by atoms with Gasteiger partial charge in [0.1, 0.15) is 0 Å². The second-order valence-corrected chi connectivity index (χ2v) is 4.30. The van der Waals surface area contributed by atoms with Crippen molar-refractivity contribution in [3.8, 4) is 0 Å². The molecule has 1 aromatic carbocycles. The van der Waals surface area contributed by atoms with Gasteiger partial charge in [-0.25, -0.2) is 4.79 Å². The Balaban J connectivity index is 2.42. The molecule has 0 amide bonds. The average Bonchev–Trinajstić information content (AvgIpc) is 2.36. The third-order valence-electron chi connectivity index (χ3n) is 2.56. The van der Waals surface area contributed by atoms with E-state index in [9.17, 15) is 4.79 Å². The average molecular weight is 255 g/mol. The van der Waals surface area contributed by atoms with Gasteiger partial charge in [-0.15, -0.1) is 11.6 Å². The van der Waals surface area contributed by atoms with Crippen LogP contribution < -0.4 is 0 Å². The van der Waals surface area contributed by atoms with Crippen molar-refractivity contribution in [1.29, 1.82) is 0 Å². The molecule has 94 valence electrons. The second kappa shape index (κ2) is 8.13. The molecule has 2 nitrogen and oxygen atoms in total. The van der Waals surface area contributed by atoms with Crippen molar-refractivity contribution in [3.05, 3.63) is 35.4 Å². The summed E-state index contributed by atoms with van der Waals surface area (Å²) >= 11 is 5.62. The van der Waals surface area contributed by atoms with E-state index >= 15 is 0 Å². The lowest BCUT2D eigenvalue weighted by Crippen LogP contribution is -2.04. The summed E-state index contributed by atoms with van der Waals surface area (Å²) < 4.78 is 4.93. The van der Waals surface area contributed by atoms with Crippen LogP contribution in [-0.4, -0.2) is 18.5 Å². The molecule has 0 radical (unpaired) electrons. The van der Waals surface area contributed by atoms with E-state index in [1.165, 1.54) is 5.56 Å². The molecule has 3 heteroatoms. The van der Waals surface area contributed by atoms with Gasteiger partial charge in [-0.1, -0.05) is 18.6 Å². The summed E-state index contributed by atoms with van der Waals surface area (Å²) in [5.41, 5.74) is 1.88. The van der Waals surface area contributed by atoms with Crippen molar-refractivity contribution >= 4 is 17.6 Å². The molecule has 0 atom stereocenters. The molecule has 0 heterocycles. The van der Waals surface area contributed by atoms with Crippen molar-refractivity contribution in [3.63, 3.8) is 0 Å². The number of ether oxygens (including phenoxy) is 1. The van der Waals surface area contributed by atoms with Gasteiger partial charge in [0.15, 0.2) is 0 Å². The van der Waals surface area contributed by atoms with Crippen LogP contribution in [-0.2, 0) is 11.2 Å².